The summed E-state index contributed by atoms with van der Waals surface area (Å²) in [6.07, 6.45) is -9.30. The van der Waals surface area contributed by atoms with Crippen LogP contribution >= 0.6 is 15.6 Å². The zero-order chi connectivity index (χ0) is 32.3. The summed E-state index contributed by atoms with van der Waals surface area (Å²) >= 11 is 0. The number of rotatable bonds is 12. The van der Waals surface area contributed by atoms with E-state index >= 15 is 0 Å². The van der Waals surface area contributed by atoms with E-state index < -0.39 is 101 Å². The van der Waals surface area contributed by atoms with Gasteiger partial charge < -0.3 is 74.3 Å². The van der Waals surface area contributed by atoms with E-state index in [9.17, 15) is 53.8 Å². The Labute approximate surface area is 298 Å². The molecule has 0 radical (unpaired) electrons. The van der Waals surface area contributed by atoms with Gasteiger partial charge in [-0.1, -0.05) is 6.08 Å². The number of anilines is 1. The van der Waals surface area contributed by atoms with Gasteiger partial charge in [0.25, 0.3) is 0 Å². The molecule has 2 unspecified atom stereocenters. The van der Waals surface area contributed by atoms with Crippen molar-refractivity contribution < 1.29 is 136 Å². The predicted molar refractivity (Wildman–Crippen MR) is 132 cm³/mol. The molecule has 0 bridgehead atoms. The Morgan fingerprint density at radius 1 is 1.22 bits per heavy atom. The number of nitrogen functional groups attached to an aromatic ring is 1. The van der Waals surface area contributed by atoms with Gasteiger partial charge >= 0.3 is 86.4 Å². The van der Waals surface area contributed by atoms with Crippen LogP contribution in [0.4, 0.5) is 5.82 Å². The molecule has 1 aromatic rings. The Morgan fingerprint density at radius 2 is 1.87 bits per heavy atom. The molecule has 242 valence electrons. The Balaban J connectivity index is 0.00000506. The minimum absolute atomic E-state index is 0. The number of aliphatic hydroxyl groups excluding tert-OH is 5. The van der Waals surface area contributed by atoms with Crippen LogP contribution in [0.3, 0.4) is 0 Å². The van der Waals surface area contributed by atoms with E-state index in [1.54, 1.807) is 0 Å². The molecule has 3 heterocycles. The van der Waals surface area contributed by atoms with E-state index in [0.717, 1.165) is 29.8 Å². The molecular weight excluding hydrogens is 676 g/mol. The fourth-order valence-corrected chi connectivity index (χ4v) is 4.98. The maximum Gasteiger partial charge on any atom is 1.00 e. The topological polar surface area (TPSA) is 338 Å². The van der Waals surface area contributed by atoms with E-state index in [1.165, 1.54) is 6.07 Å². The molecule has 3 rings (SSSR count). The van der Waals surface area contributed by atoms with Crippen molar-refractivity contribution in [3.8, 4) is 0 Å². The van der Waals surface area contributed by atoms with Crippen LogP contribution in [0.2, 0.25) is 0 Å². The van der Waals surface area contributed by atoms with E-state index in [0.29, 0.717) is 0 Å². The number of amides is 1. The molecular formula is C20H28N4Na2O17P2. The van der Waals surface area contributed by atoms with Gasteiger partial charge in [-0.2, -0.15) is 4.98 Å². The molecule has 2 aliphatic rings. The first-order valence-corrected chi connectivity index (χ1v) is 15.0. The summed E-state index contributed by atoms with van der Waals surface area (Å²) in [7, 11) is -11.5. The number of nitrogens with zero attached hydrogens (tertiary/aromatic N) is 2. The predicted octanol–water partition coefficient (Wildman–Crippen LogP) is -11.2. The average molecular weight is 704 g/mol. The second kappa shape index (κ2) is 17.5. The van der Waals surface area contributed by atoms with E-state index in [-0.39, 0.29) is 64.9 Å². The fraction of sp³-hybridized carbons (Fsp3) is 0.550. The Hall–Kier alpha value is -0.910. The number of carbonyl (C=O) groups is 1. The second-order valence-corrected chi connectivity index (χ2v) is 11.5. The summed E-state index contributed by atoms with van der Waals surface area (Å²) in [5, 5.41) is 52.3. The normalized spacial score (nSPS) is 29.4. The minimum atomic E-state index is -5.82. The third-order valence-corrected chi connectivity index (χ3v) is 7.06. The smallest absolute Gasteiger partial charge is 0.746 e. The van der Waals surface area contributed by atoms with Gasteiger partial charge in [0.05, 0.1) is 19.3 Å². The van der Waals surface area contributed by atoms with Gasteiger partial charge in [0.1, 0.15) is 36.3 Å². The van der Waals surface area contributed by atoms with Gasteiger partial charge in [-0.3, -0.25) is 18.5 Å². The van der Waals surface area contributed by atoms with Crippen LogP contribution in [0.25, 0.3) is 0 Å². The first kappa shape index (κ1) is 42.1. The molecule has 21 nitrogen and oxygen atoms in total. The number of aromatic nitrogens is 2. The first-order valence-electron chi connectivity index (χ1n) is 12.0. The number of nitrogens with two attached hydrogens (primary N) is 1. The first-order chi connectivity index (χ1) is 19.9. The fourth-order valence-electron chi connectivity index (χ4n) is 3.87. The number of hydrogen-bond acceptors (Lipinski definition) is 18. The van der Waals surface area contributed by atoms with E-state index in [1.807, 2.05) is 0 Å². The Kier molecular flexibility index (Phi) is 16.4. The number of hydrogen-bond donors (Lipinski definition) is 8. The number of carbonyl (C=O) groups excluding carboxylic acids is 1. The maximum atomic E-state index is 12.6. The van der Waals surface area contributed by atoms with Crippen molar-refractivity contribution in [3.05, 3.63) is 46.6 Å². The number of aliphatic hydroxyl groups is 5. The standard InChI is InChI=1S/C20H30N4O17P2.2Na/c1-8(26)22-9-2-3-11(38-17(9)14(28)10(27)6-25)19(40-42(32,33)34)41-43(35,36)37-7-12-15(29)16(30)18(39-12)24-5-4-13(21)23-20(24)31;;/h2-5,9-10,12,14-18,25,27-30H,6-7H2,1H3,(H,22,26)(H,35,36)(H2,21,23,31)(H2,32,33,34);;/q;2*+1/p-2/b19-11+;;/t9-,10-,12-,14-,15-,16-,17-,18-;;/m1../s1. The number of allylic oxidation sites excluding steroid dienone is 1. The molecule has 45 heavy (non-hydrogen) atoms. The maximum absolute atomic E-state index is 12.6. The van der Waals surface area contributed by atoms with Crippen LogP contribution in [0.5, 0.6) is 0 Å². The summed E-state index contributed by atoms with van der Waals surface area (Å²) in [6.45, 7) is -0.973. The quantitative estimate of drug-likeness (QED) is 0.0569. The van der Waals surface area contributed by atoms with Crippen LogP contribution in [-0.4, -0.2) is 102 Å². The molecule has 1 fully saturated rings. The van der Waals surface area contributed by atoms with Crippen molar-refractivity contribution in [2.45, 2.75) is 55.8 Å². The summed E-state index contributed by atoms with van der Waals surface area (Å²) < 4.78 is 48.8. The van der Waals surface area contributed by atoms with E-state index in [4.69, 9.17) is 20.3 Å². The molecule has 9 N–H and O–H groups in total. The molecule has 25 heteroatoms. The molecule has 1 aromatic heterocycles. The van der Waals surface area contributed by atoms with Crippen molar-refractivity contribution in [2.24, 2.45) is 0 Å². The number of ether oxygens (including phenoxy) is 2. The molecule has 1 saturated heterocycles. The molecule has 10 atom stereocenters. The van der Waals surface area contributed by atoms with Gasteiger partial charge in [0.15, 0.2) is 12.3 Å². The summed E-state index contributed by atoms with van der Waals surface area (Å²) in [5.74, 6) is -3.28. The van der Waals surface area contributed by atoms with Gasteiger partial charge in [-0.15, -0.1) is 0 Å². The summed E-state index contributed by atoms with van der Waals surface area (Å²) in [6, 6.07) is -0.0294. The molecule has 0 spiro atoms. The van der Waals surface area contributed by atoms with E-state index in [2.05, 4.69) is 23.9 Å². The number of phosphoric acid groups is 2. The largest absolute Gasteiger partial charge is 1.00 e. The van der Waals surface area contributed by atoms with Crippen LogP contribution in [-0.2, 0) is 37.0 Å². The number of phosphoric ester groups is 2. The molecule has 0 saturated carbocycles. The number of nitrogens with one attached hydrogen (secondary N) is 1. The molecule has 2 aliphatic heterocycles. The molecule has 1 amide bonds. The van der Waals surface area contributed by atoms with Crippen LogP contribution in [0, 0.1) is 0 Å². The van der Waals surface area contributed by atoms with Gasteiger partial charge in [0.2, 0.25) is 11.7 Å². The Bertz CT molecular complexity index is 1390. The molecule has 0 aliphatic carbocycles. The SMILES string of the molecule is CC(=O)N[C@@H]1C=C/C(=C(/OP(=O)([O-])O)OP(=O)([O-])OC[C@H]2O[C@@H](n3ccc(N)nc3=O)[C@H](O)[C@@H]2O)O[C@H]1[C@H](O)[C@H](O)CO.[Na+].[Na+]. The van der Waals surface area contributed by atoms with Crippen molar-refractivity contribution in [2.75, 3.05) is 18.9 Å². The monoisotopic (exact) mass is 704 g/mol. The van der Waals surface area contributed by atoms with Crippen LogP contribution in [0.1, 0.15) is 13.2 Å². The van der Waals surface area contributed by atoms with Crippen molar-refractivity contribution in [1.29, 1.82) is 0 Å². The zero-order valence-corrected chi connectivity index (χ0v) is 29.7. The van der Waals surface area contributed by atoms with Crippen molar-refractivity contribution in [3.63, 3.8) is 0 Å². The third kappa shape index (κ3) is 11.6. The van der Waals surface area contributed by atoms with Gasteiger partial charge in [-0.05, 0) is 12.1 Å². The third-order valence-electron chi connectivity index (χ3n) is 5.81. The van der Waals surface area contributed by atoms with Gasteiger partial charge in [-0.25, -0.2) is 4.79 Å². The van der Waals surface area contributed by atoms with Gasteiger partial charge in [0, 0.05) is 13.1 Å². The zero-order valence-electron chi connectivity index (χ0n) is 23.9. The van der Waals surface area contributed by atoms with Crippen LogP contribution in [0.15, 0.2) is 40.9 Å². The second-order valence-electron chi connectivity index (χ2n) is 9.04. The van der Waals surface area contributed by atoms with Crippen molar-refractivity contribution >= 4 is 27.4 Å². The summed E-state index contributed by atoms with van der Waals surface area (Å²) in [4.78, 5) is 60.3. The average Bonchev–Trinajstić information content (AvgIpc) is 3.18. The molecule has 0 aromatic carbocycles. The minimum Gasteiger partial charge on any atom is -0.746 e. The summed E-state index contributed by atoms with van der Waals surface area (Å²) in [5.41, 5.74) is 4.44. The van der Waals surface area contributed by atoms with Crippen molar-refractivity contribution in [1.82, 2.24) is 14.9 Å². The Morgan fingerprint density at radius 3 is 2.42 bits per heavy atom. The van der Waals surface area contributed by atoms with Crippen LogP contribution < -0.4 is 85.6 Å².